The van der Waals surface area contributed by atoms with E-state index in [0.29, 0.717) is 13.2 Å². The molecule has 0 unspecified atom stereocenters. The Morgan fingerprint density at radius 2 is 1.00 bits per heavy atom. The van der Waals surface area contributed by atoms with Crippen molar-refractivity contribution in [1.29, 1.82) is 0 Å². The van der Waals surface area contributed by atoms with E-state index >= 15 is 0 Å². The fraction of sp³-hybridized carbons (Fsp3) is 0.444. The van der Waals surface area contributed by atoms with E-state index in [-0.39, 0.29) is 0 Å². The Balaban J connectivity index is 2.50. The normalized spacial score (nSPS) is 11.2. The van der Waals surface area contributed by atoms with Crippen molar-refractivity contribution >= 4 is 16.6 Å². The summed E-state index contributed by atoms with van der Waals surface area (Å²) in [5, 5.41) is 0. The van der Waals surface area contributed by atoms with E-state index in [1.807, 2.05) is 24.3 Å². The molecule has 0 N–H and O–H groups in total. The van der Waals surface area contributed by atoms with Gasteiger partial charge in [-0.15, -0.1) is 0 Å². The van der Waals surface area contributed by atoms with Crippen LogP contribution in [-0.4, -0.2) is 29.8 Å². The lowest BCUT2D eigenvalue weighted by atomic mass is 10.1. The molecule has 118 valence electrons. The summed E-state index contributed by atoms with van der Waals surface area (Å²) in [5.41, 5.74) is 1.98. The number of hydrogen-bond donors (Lipinski definition) is 0. The van der Waals surface area contributed by atoms with Gasteiger partial charge in [-0.2, -0.15) is 0 Å². The van der Waals surface area contributed by atoms with Crippen LogP contribution in [0, 0.1) is 23.7 Å². The van der Waals surface area contributed by atoms with Crippen LogP contribution in [0.2, 0.25) is 39.3 Å². The number of benzene rings is 1. The Bertz CT molecular complexity index is 530. The van der Waals surface area contributed by atoms with E-state index in [1.54, 1.807) is 0 Å². The highest BCUT2D eigenvalue weighted by Crippen LogP contribution is 2.04. The molecule has 0 aliphatic carbocycles. The Kier molecular flexibility index (Phi) is 7.12. The molecule has 0 aliphatic rings. The highest BCUT2D eigenvalue weighted by molar-refractivity contribution is 6.70. The zero-order chi connectivity index (χ0) is 16.6. The summed E-state index contributed by atoms with van der Waals surface area (Å²) in [7, 11) is -2.93. The predicted octanol–water partition coefficient (Wildman–Crippen LogP) is 4.09. The molecule has 0 heterocycles. The third kappa shape index (κ3) is 9.60. The van der Waals surface area contributed by atoms with Gasteiger partial charge in [-0.1, -0.05) is 23.7 Å². The van der Waals surface area contributed by atoms with Crippen LogP contribution < -0.4 is 0 Å². The molecule has 0 atom stereocenters. The van der Waals surface area contributed by atoms with Crippen LogP contribution in [0.15, 0.2) is 24.3 Å². The molecule has 1 aromatic carbocycles. The van der Waals surface area contributed by atoms with Crippen molar-refractivity contribution in [3.8, 4) is 23.7 Å². The van der Waals surface area contributed by atoms with Gasteiger partial charge < -0.3 is 8.85 Å². The molecular formula is C18H26O2Si2. The molecule has 0 fully saturated rings. The van der Waals surface area contributed by atoms with Gasteiger partial charge in [-0.3, -0.25) is 0 Å². The average Bonchev–Trinajstić information content (AvgIpc) is 2.39. The Labute approximate surface area is 137 Å². The minimum absolute atomic E-state index is 0.505. The van der Waals surface area contributed by atoms with Crippen molar-refractivity contribution in [2.24, 2.45) is 0 Å². The summed E-state index contributed by atoms with van der Waals surface area (Å²) >= 11 is 0. The molecule has 0 saturated carbocycles. The van der Waals surface area contributed by atoms with Crippen molar-refractivity contribution in [2.45, 2.75) is 39.3 Å². The summed E-state index contributed by atoms with van der Waals surface area (Å²) in [6.07, 6.45) is 0. The van der Waals surface area contributed by atoms with Gasteiger partial charge in [-0.25, -0.2) is 0 Å². The van der Waals surface area contributed by atoms with Crippen molar-refractivity contribution in [2.75, 3.05) is 13.2 Å². The van der Waals surface area contributed by atoms with Crippen LogP contribution in [0.5, 0.6) is 0 Å². The summed E-state index contributed by atoms with van der Waals surface area (Å²) in [6.45, 7) is 14.0. The largest absolute Gasteiger partial charge is 0.407 e. The monoisotopic (exact) mass is 330 g/mol. The highest BCUT2D eigenvalue weighted by Gasteiger charge is 2.12. The van der Waals surface area contributed by atoms with Crippen LogP contribution >= 0.6 is 0 Å². The van der Waals surface area contributed by atoms with Gasteiger partial charge in [-0.05, 0) is 63.5 Å². The predicted molar refractivity (Wildman–Crippen MR) is 98.8 cm³/mol. The summed E-state index contributed by atoms with van der Waals surface area (Å²) < 4.78 is 11.4. The first-order valence-electron chi connectivity index (χ1n) is 7.51. The van der Waals surface area contributed by atoms with Crippen molar-refractivity contribution < 1.29 is 8.85 Å². The van der Waals surface area contributed by atoms with Gasteiger partial charge in [0.15, 0.2) is 16.6 Å². The van der Waals surface area contributed by atoms with E-state index in [4.69, 9.17) is 8.85 Å². The van der Waals surface area contributed by atoms with Crippen LogP contribution in [0.25, 0.3) is 0 Å². The van der Waals surface area contributed by atoms with Crippen LogP contribution in [0.3, 0.4) is 0 Å². The smallest absolute Gasteiger partial charge is 0.185 e. The lowest BCUT2D eigenvalue weighted by molar-refractivity contribution is 0.364. The fourth-order valence-corrected chi connectivity index (χ4v) is 2.43. The molecule has 0 amide bonds. The lowest BCUT2D eigenvalue weighted by Crippen LogP contribution is -2.25. The SMILES string of the molecule is C[Si](C)(C)OCC#Cc1ccc(C#CCO[Si](C)(C)C)cc1. The first-order valence-corrected chi connectivity index (χ1v) is 14.3. The lowest BCUT2D eigenvalue weighted by Gasteiger charge is -2.13. The van der Waals surface area contributed by atoms with Gasteiger partial charge in [0, 0.05) is 11.1 Å². The van der Waals surface area contributed by atoms with Crippen LogP contribution in [0.4, 0.5) is 0 Å². The molecular weight excluding hydrogens is 304 g/mol. The minimum Gasteiger partial charge on any atom is -0.407 e. The van der Waals surface area contributed by atoms with Gasteiger partial charge in [0.2, 0.25) is 0 Å². The van der Waals surface area contributed by atoms with E-state index in [2.05, 4.69) is 63.0 Å². The second-order valence-electron chi connectivity index (χ2n) is 6.98. The quantitative estimate of drug-likeness (QED) is 0.611. The van der Waals surface area contributed by atoms with Gasteiger partial charge in [0.25, 0.3) is 0 Å². The molecule has 0 spiro atoms. The van der Waals surface area contributed by atoms with Crippen LogP contribution in [-0.2, 0) is 8.85 Å². The Morgan fingerprint density at radius 1 is 0.682 bits per heavy atom. The second kappa shape index (κ2) is 8.36. The minimum atomic E-state index is -1.47. The highest BCUT2D eigenvalue weighted by atomic mass is 28.4. The van der Waals surface area contributed by atoms with E-state index in [0.717, 1.165) is 11.1 Å². The zero-order valence-corrected chi connectivity index (χ0v) is 16.5. The van der Waals surface area contributed by atoms with E-state index < -0.39 is 16.6 Å². The molecule has 1 rings (SSSR count). The van der Waals surface area contributed by atoms with Crippen LogP contribution in [0.1, 0.15) is 11.1 Å². The molecule has 2 nitrogen and oxygen atoms in total. The van der Waals surface area contributed by atoms with Crippen molar-refractivity contribution in [3.05, 3.63) is 35.4 Å². The zero-order valence-electron chi connectivity index (χ0n) is 14.5. The van der Waals surface area contributed by atoms with Gasteiger partial charge in [0.05, 0.1) is 13.2 Å². The molecule has 22 heavy (non-hydrogen) atoms. The van der Waals surface area contributed by atoms with Gasteiger partial charge in [0.1, 0.15) is 0 Å². The molecule has 0 saturated heterocycles. The maximum atomic E-state index is 5.70. The molecule has 0 aliphatic heterocycles. The summed E-state index contributed by atoms with van der Waals surface area (Å²) in [4.78, 5) is 0. The number of hydrogen-bond acceptors (Lipinski definition) is 2. The Hall–Kier alpha value is -1.31. The molecule has 4 heteroatoms. The average molecular weight is 331 g/mol. The van der Waals surface area contributed by atoms with Crippen molar-refractivity contribution in [1.82, 2.24) is 0 Å². The molecule has 1 aromatic rings. The first-order chi connectivity index (χ1) is 10.2. The molecule has 0 radical (unpaired) electrons. The standard InChI is InChI=1S/C18H26O2Si2/c1-21(2,3)19-15-7-9-17-11-13-18(14-12-17)10-8-16-20-22(4,5)6/h11-14H,15-16H2,1-6H3. The maximum absolute atomic E-state index is 5.70. The van der Waals surface area contributed by atoms with E-state index in [9.17, 15) is 0 Å². The third-order valence-electron chi connectivity index (χ3n) is 2.51. The Morgan fingerprint density at radius 3 is 1.27 bits per heavy atom. The maximum Gasteiger partial charge on any atom is 0.185 e. The van der Waals surface area contributed by atoms with Gasteiger partial charge >= 0.3 is 0 Å². The van der Waals surface area contributed by atoms with Crippen molar-refractivity contribution in [3.63, 3.8) is 0 Å². The fourth-order valence-electron chi connectivity index (χ4n) is 1.42. The topological polar surface area (TPSA) is 18.5 Å². The molecule has 0 bridgehead atoms. The third-order valence-corrected chi connectivity index (χ3v) is 4.53. The summed E-state index contributed by atoms with van der Waals surface area (Å²) in [6, 6.07) is 7.96. The second-order valence-corrected chi connectivity index (χ2v) is 16.0. The summed E-state index contributed by atoms with van der Waals surface area (Å²) in [5.74, 6) is 12.3. The first kappa shape index (κ1) is 18.7. The number of rotatable bonds is 4. The molecule has 0 aromatic heterocycles. The van der Waals surface area contributed by atoms with E-state index in [1.165, 1.54) is 0 Å².